The van der Waals surface area contributed by atoms with Gasteiger partial charge in [0.05, 0.1) is 11.6 Å². The number of anilines is 1. The molecule has 0 bridgehead atoms. The van der Waals surface area contributed by atoms with Crippen molar-refractivity contribution in [3.05, 3.63) is 29.8 Å². The third kappa shape index (κ3) is 4.36. The number of hydrogen-bond acceptors (Lipinski definition) is 4. The zero-order valence-corrected chi connectivity index (χ0v) is 11.5. The lowest BCUT2D eigenvalue weighted by atomic mass is 10.2. The van der Waals surface area contributed by atoms with Gasteiger partial charge in [-0.2, -0.15) is 5.26 Å². The van der Waals surface area contributed by atoms with E-state index in [0.717, 1.165) is 31.7 Å². The van der Waals surface area contributed by atoms with Crippen molar-refractivity contribution < 1.29 is 0 Å². The Morgan fingerprint density at radius 3 is 2.00 bits per heavy atom. The average Bonchev–Trinajstić information content (AvgIpc) is 2.41. The number of hydrogen-bond donors (Lipinski definition) is 1. The molecular weight excluding hydrogens is 224 g/mol. The van der Waals surface area contributed by atoms with E-state index in [0.29, 0.717) is 0 Å². The molecule has 0 saturated carbocycles. The minimum absolute atomic E-state index is 0.730. The summed E-state index contributed by atoms with van der Waals surface area (Å²) in [6.45, 7) is 4.37. The maximum Gasteiger partial charge on any atom is 0.0991 e. The van der Waals surface area contributed by atoms with Crippen LogP contribution in [-0.2, 0) is 0 Å². The van der Waals surface area contributed by atoms with Crippen molar-refractivity contribution in [3.63, 3.8) is 0 Å². The Kier molecular flexibility index (Phi) is 6.20. The van der Waals surface area contributed by atoms with Crippen LogP contribution >= 0.6 is 0 Å². The molecule has 2 rings (SSSR count). The predicted molar refractivity (Wildman–Crippen MR) is 75.9 cm³/mol. The summed E-state index contributed by atoms with van der Waals surface area (Å²) in [5.74, 6) is 0. The van der Waals surface area contributed by atoms with Gasteiger partial charge in [-0.3, -0.25) is 0 Å². The van der Waals surface area contributed by atoms with Crippen LogP contribution in [0.15, 0.2) is 24.3 Å². The van der Waals surface area contributed by atoms with Crippen LogP contribution in [0.25, 0.3) is 0 Å². The number of rotatable bonds is 1. The summed E-state index contributed by atoms with van der Waals surface area (Å²) in [6, 6.07) is 9.97. The van der Waals surface area contributed by atoms with Crippen molar-refractivity contribution in [2.75, 3.05) is 52.2 Å². The fourth-order valence-electron chi connectivity index (χ4n) is 1.81. The first-order valence-corrected chi connectivity index (χ1v) is 6.23. The molecule has 4 heteroatoms. The molecule has 0 aromatic heterocycles. The van der Waals surface area contributed by atoms with Crippen LogP contribution in [0.5, 0.6) is 0 Å². The topological polar surface area (TPSA) is 42.3 Å². The first-order valence-electron chi connectivity index (χ1n) is 6.23. The van der Waals surface area contributed by atoms with E-state index in [4.69, 9.17) is 5.26 Å². The van der Waals surface area contributed by atoms with Gasteiger partial charge in [-0.1, -0.05) is 0 Å². The number of nitrogens with zero attached hydrogens (tertiary/aromatic N) is 3. The highest BCUT2D eigenvalue weighted by Crippen LogP contribution is 2.16. The molecule has 0 radical (unpaired) electrons. The van der Waals surface area contributed by atoms with Crippen LogP contribution in [-0.4, -0.2) is 52.2 Å². The summed E-state index contributed by atoms with van der Waals surface area (Å²) in [5.41, 5.74) is 1.95. The lowest BCUT2D eigenvalue weighted by Gasteiger charge is -2.34. The van der Waals surface area contributed by atoms with Crippen LogP contribution in [0.4, 0.5) is 5.69 Å². The molecule has 1 aliphatic rings. The van der Waals surface area contributed by atoms with Gasteiger partial charge in [-0.25, -0.2) is 0 Å². The van der Waals surface area contributed by atoms with E-state index in [2.05, 4.69) is 28.2 Å². The summed E-state index contributed by atoms with van der Waals surface area (Å²) in [4.78, 5) is 4.70. The van der Waals surface area contributed by atoms with Gasteiger partial charge in [0, 0.05) is 31.9 Å². The van der Waals surface area contributed by atoms with Gasteiger partial charge in [0.15, 0.2) is 0 Å². The SMILES string of the molecule is CN1CCN(c2ccc(C#N)cc2)CC1.CNC. The van der Waals surface area contributed by atoms with Gasteiger partial charge in [0.25, 0.3) is 0 Å². The first kappa shape index (κ1) is 14.5. The number of likely N-dealkylation sites (N-methyl/N-ethyl adjacent to an activating group) is 1. The number of nitrogens with one attached hydrogen (secondary N) is 1. The first-order chi connectivity index (χ1) is 8.71. The number of benzene rings is 1. The van der Waals surface area contributed by atoms with E-state index < -0.39 is 0 Å². The maximum atomic E-state index is 8.70. The third-order valence-electron chi connectivity index (χ3n) is 2.86. The largest absolute Gasteiger partial charge is 0.369 e. The fraction of sp³-hybridized carbons (Fsp3) is 0.500. The van der Waals surface area contributed by atoms with Gasteiger partial charge < -0.3 is 15.1 Å². The van der Waals surface area contributed by atoms with E-state index in [1.54, 1.807) is 0 Å². The molecular formula is C14H22N4. The molecule has 18 heavy (non-hydrogen) atoms. The van der Waals surface area contributed by atoms with Gasteiger partial charge in [-0.05, 0) is 45.4 Å². The Bertz CT molecular complexity index is 372. The smallest absolute Gasteiger partial charge is 0.0991 e. The number of nitriles is 1. The van der Waals surface area contributed by atoms with Crippen LogP contribution in [0.3, 0.4) is 0 Å². The molecule has 0 aliphatic carbocycles. The second kappa shape index (κ2) is 7.70. The highest BCUT2D eigenvalue weighted by atomic mass is 15.2. The zero-order valence-electron chi connectivity index (χ0n) is 11.5. The molecule has 4 nitrogen and oxygen atoms in total. The lowest BCUT2D eigenvalue weighted by Crippen LogP contribution is -2.44. The van der Waals surface area contributed by atoms with Gasteiger partial charge in [0.2, 0.25) is 0 Å². The van der Waals surface area contributed by atoms with E-state index in [1.807, 2.05) is 38.4 Å². The zero-order chi connectivity index (χ0) is 13.4. The quantitative estimate of drug-likeness (QED) is 0.807. The van der Waals surface area contributed by atoms with E-state index >= 15 is 0 Å². The van der Waals surface area contributed by atoms with Crippen molar-refractivity contribution in [2.45, 2.75) is 0 Å². The monoisotopic (exact) mass is 246 g/mol. The van der Waals surface area contributed by atoms with Crippen molar-refractivity contribution in [3.8, 4) is 6.07 Å². The highest BCUT2D eigenvalue weighted by Gasteiger charge is 2.13. The van der Waals surface area contributed by atoms with Crippen molar-refractivity contribution in [1.82, 2.24) is 10.2 Å². The number of piperazine rings is 1. The molecule has 1 fully saturated rings. The summed E-state index contributed by atoms with van der Waals surface area (Å²) >= 11 is 0. The molecule has 0 unspecified atom stereocenters. The second-order valence-electron chi connectivity index (χ2n) is 4.45. The molecule has 1 aliphatic heterocycles. The Balaban J connectivity index is 0.000000492. The third-order valence-corrected chi connectivity index (χ3v) is 2.86. The van der Waals surface area contributed by atoms with Gasteiger partial charge >= 0.3 is 0 Å². The van der Waals surface area contributed by atoms with Crippen LogP contribution in [0, 0.1) is 11.3 Å². The normalized spacial score (nSPS) is 15.6. The van der Waals surface area contributed by atoms with Crippen LogP contribution in [0.2, 0.25) is 0 Å². The molecule has 1 heterocycles. The van der Waals surface area contributed by atoms with Crippen molar-refractivity contribution in [1.29, 1.82) is 5.26 Å². The molecule has 0 amide bonds. The Hall–Kier alpha value is -1.57. The predicted octanol–water partition coefficient (Wildman–Crippen LogP) is 1.15. The second-order valence-corrected chi connectivity index (χ2v) is 4.45. The Morgan fingerprint density at radius 2 is 1.56 bits per heavy atom. The summed E-state index contributed by atoms with van der Waals surface area (Å²) < 4.78 is 0. The van der Waals surface area contributed by atoms with E-state index in [1.165, 1.54) is 5.69 Å². The Labute approximate surface area is 110 Å². The molecule has 1 N–H and O–H groups in total. The van der Waals surface area contributed by atoms with Gasteiger partial charge in [0.1, 0.15) is 0 Å². The molecule has 1 aromatic carbocycles. The van der Waals surface area contributed by atoms with E-state index in [9.17, 15) is 0 Å². The van der Waals surface area contributed by atoms with E-state index in [-0.39, 0.29) is 0 Å². The van der Waals surface area contributed by atoms with Crippen molar-refractivity contribution >= 4 is 5.69 Å². The van der Waals surface area contributed by atoms with Crippen molar-refractivity contribution in [2.24, 2.45) is 0 Å². The minimum Gasteiger partial charge on any atom is -0.369 e. The highest BCUT2D eigenvalue weighted by molar-refractivity contribution is 5.50. The molecule has 98 valence electrons. The minimum atomic E-state index is 0.730. The summed E-state index contributed by atoms with van der Waals surface area (Å²) in [5, 5.41) is 11.5. The fourth-order valence-corrected chi connectivity index (χ4v) is 1.81. The molecule has 1 aromatic rings. The molecule has 0 spiro atoms. The summed E-state index contributed by atoms with van der Waals surface area (Å²) in [6.07, 6.45) is 0. The van der Waals surface area contributed by atoms with Crippen LogP contribution in [0.1, 0.15) is 5.56 Å². The Morgan fingerprint density at radius 1 is 1.06 bits per heavy atom. The molecule has 0 atom stereocenters. The lowest BCUT2D eigenvalue weighted by molar-refractivity contribution is 0.313. The van der Waals surface area contributed by atoms with Crippen LogP contribution < -0.4 is 10.2 Å². The average molecular weight is 246 g/mol. The standard InChI is InChI=1S/C12H15N3.C2H7N/c1-14-6-8-15(9-7-14)12-4-2-11(10-13)3-5-12;1-3-2/h2-5H,6-9H2,1H3;3H,1-2H3. The maximum absolute atomic E-state index is 8.70. The van der Waals surface area contributed by atoms with Gasteiger partial charge in [-0.15, -0.1) is 0 Å². The summed E-state index contributed by atoms with van der Waals surface area (Å²) in [7, 11) is 5.90. The molecule has 1 saturated heterocycles.